The molecule has 1 atom stereocenters. The van der Waals surface area contributed by atoms with Gasteiger partial charge in [-0.05, 0) is 39.8 Å². The molecule has 0 amide bonds. The van der Waals surface area contributed by atoms with Crippen LogP contribution in [-0.2, 0) is 0 Å². The molecule has 0 aromatic rings. The number of aliphatic hydroxyl groups excluding tert-OH is 1. The highest BCUT2D eigenvalue weighted by molar-refractivity contribution is 4.72. The Morgan fingerprint density at radius 2 is 1.75 bits per heavy atom. The van der Waals surface area contributed by atoms with E-state index in [1.807, 2.05) is 0 Å². The molecule has 1 unspecified atom stereocenters. The molecule has 0 bridgehead atoms. The highest BCUT2D eigenvalue weighted by atomic mass is 16.3. The Bertz CT molecular complexity index is 160. The summed E-state index contributed by atoms with van der Waals surface area (Å²) in [5.74, 6) is 0. The van der Waals surface area contributed by atoms with Crippen molar-refractivity contribution in [2.45, 2.75) is 65.6 Å². The summed E-state index contributed by atoms with van der Waals surface area (Å²) in [6, 6.07) is 1.27. The first kappa shape index (κ1) is 15.9. The van der Waals surface area contributed by atoms with Crippen molar-refractivity contribution in [2.75, 3.05) is 19.7 Å². The van der Waals surface area contributed by atoms with Gasteiger partial charge in [0.1, 0.15) is 0 Å². The summed E-state index contributed by atoms with van der Waals surface area (Å²) < 4.78 is 0. The van der Waals surface area contributed by atoms with Gasteiger partial charge in [-0.15, -0.1) is 0 Å². The van der Waals surface area contributed by atoms with Crippen LogP contribution < -0.4 is 5.32 Å². The minimum Gasteiger partial charge on any atom is -0.395 e. The largest absolute Gasteiger partial charge is 0.395 e. The highest BCUT2D eigenvalue weighted by Crippen LogP contribution is 2.03. The monoisotopic (exact) mass is 230 g/mol. The molecule has 16 heavy (non-hydrogen) atoms. The molecular formula is C13H30N2O. The molecule has 0 spiro atoms. The van der Waals surface area contributed by atoms with Crippen LogP contribution in [0.2, 0.25) is 0 Å². The Labute approximate surface area is 101 Å². The third-order valence-corrected chi connectivity index (χ3v) is 2.80. The second kappa shape index (κ2) is 8.97. The maximum atomic E-state index is 9.28. The fourth-order valence-electron chi connectivity index (χ4n) is 1.94. The summed E-state index contributed by atoms with van der Waals surface area (Å²) in [6.45, 7) is 13.4. The van der Waals surface area contributed by atoms with Gasteiger partial charge in [0, 0.05) is 18.1 Å². The molecular weight excluding hydrogens is 200 g/mol. The molecule has 0 aliphatic rings. The zero-order valence-corrected chi connectivity index (χ0v) is 11.7. The molecule has 0 fully saturated rings. The second-order valence-corrected chi connectivity index (χ2v) is 5.12. The van der Waals surface area contributed by atoms with Crippen molar-refractivity contribution in [3.05, 3.63) is 0 Å². The Morgan fingerprint density at radius 3 is 2.12 bits per heavy atom. The SMILES string of the molecule is CCCN(CCC(CO)NC(C)C)C(C)C. The lowest BCUT2D eigenvalue weighted by molar-refractivity contribution is 0.179. The molecule has 0 aromatic carbocycles. The van der Waals surface area contributed by atoms with Gasteiger partial charge in [-0.3, -0.25) is 0 Å². The van der Waals surface area contributed by atoms with Crippen LogP contribution in [0.4, 0.5) is 0 Å². The van der Waals surface area contributed by atoms with Crippen LogP contribution in [0.3, 0.4) is 0 Å². The minimum atomic E-state index is 0.232. The quantitative estimate of drug-likeness (QED) is 0.634. The van der Waals surface area contributed by atoms with Crippen LogP contribution in [0.5, 0.6) is 0 Å². The van der Waals surface area contributed by atoms with Crippen molar-refractivity contribution in [1.29, 1.82) is 0 Å². The third kappa shape index (κ3) is 7.20. The van der Waals surface area contributed by atoms with Crippen LogP contribution >= 0.6 is 0 Å². The molecule has 0 radical (unpaired) electrons. The van der Waals surface area contributed by atoms with Crippen LogP contribution in [0.1, 0.15) is 47.5 Å². The van der Waals surface area contributed by atoms with Crippen LogP contribution in [0.15, 0.2) is 0 Å². The molecule has 0 aliphatic heterocycles. The fraction of sp³-hybridized carbons (Fsp3) is 1.00. The van der Waals surface area contributed by atoms with E-state index in [9.17, 15) is 5.11 Å². The molecule has 0 aromatic heterocycles. The fourth-order valence-corrected chi connectivity index (χ4v) is 1.94. The van der Waals surface area contributed by atoms with Crippen molar-refractivity contribution < 1.29 is 5.11 Å². The average Bonchev–Trinajstić information content (AvgIpc) is 2.21. The topological polar surface area (TPSA) is 35.5 Å². The summed E-state index contributed by atoms with van der Waals surface area (Å²) in [5, 5.41) is 12.7. The number of nitrogens with zero attached hydrogens (tertiary/aromatic N) is 1. The lowest BCUT2D eigenvalue weighted by Crippen LogP contribution is -2.41. The van der Waals surface area contributed by atoms with E-state index in [4.69, 9.17) is 0 Å². The predicted molar refractivity (Wildman–Crippen MR) is 70.8 cm³/mol. The van der Waals surface area contributed by atoms with Crippen molar-refractivity contribution >= 4 is 0 Å². The van der Waals surface area contributed by atoms with Crippen LogP contribution in [0.25, 0.3) is 0 Å². The van der Waals surface area contributed by atoms with E-state index in [2.05, 4.69) is 44.8 Å². The van der Waals surface area contributed by atoms with Crippen molar-refractivity contribution in [3.8, 4) is 0 Å². The van der Waals surface area contributed by atoms with Crippen molar-refractivity contribution in [1.82, 2.24) is 10.2 Å². The first-order chi connectivity index (χ1) is 7.51. The molecule has 2 N–H and O–H groups in total. The predicted octanol–water partition coefficient (Wildman–Crippen LogP) is 1.86. The van der Waals surface area contributed by atoms with Gasteiger partial charge >= 0.3 is 0 Å². The van der Waals surface area contributed by atoms with Gasteiger partial charge in [0.25, 0.3) is 0 Å². The molecule has 3 nitrogen and oxygen atoms in total. The number of aliphatic hydroxyl groups is 1. The lowest BCUT2D eigenvalue weighted by Gasteiger charge is -2.28. The van der Waals surface area contributed by atoms with E-state index < -0.39 is 0 Å². The number of rotatable bonds is 9. The zero-order valence-electron chi connectivity index (χ0n) is 11.7. The molecule has 0 heterocycles. The summed E-state index contributed by atoms with van der Waals surface area (Å²) >= 11 is 0. The van der Waals surface area contributed by atoms with Gasteiger partial charge < -0.3 is 15.3 Å². The van der Waals surface area contributed by atoms with Crippen LogP contribution in [0, 0.1) is 0 Å². The number of hydrogen-bond donors (Lipinski definition) is 2. The van der Waals surface area contributed by atoms with E-state index in [1.165, 1.54) is 6.42 Å². The van der Waals surface area contributed by atoms with Crippen molar-refractivity contribution in [2.24, 2.45) is 0 Å². The smallest absolute Gasteiger partial charge is 0.0585 e. The van der Waals surface area contributed by atoms with Gasteiger partial charge in [0.15, 0.2) is 0 Å². The lowest BCUT2D eigenvalue weighted by atomic mass is 10.1. The number of hydrogen-bond acceptors (Lipinski definition) is 3. The Hall–Kier alpha value is -0.120. The van der Waals surface area contributed by atoms with Crippen molar-refractivity contribution in [3.63, 3.8) is 0 Å². The standard InChI is InChI=1S/C13H30N2O/c1-6-8-15(12(4)5)9-7-13(10-16)14-11(2)3/h11-14,16H,6-10H2,1-5H3. The van der Waals surface area contributed by atoms with Gasteiger partial charge in [-0.25, -0.2) is 0 Å². The summed E-state index contributed by atoms with van der Waals surface area (Å²) in [6.07, 6.45) is 2.21. The third-order valence-electron chi connectivity index (χ3n) is 2.80. The van der Waals surface area contributed by atoms with Gasteiger partial charge in [0.2, 0.25) is 0 Å². The maximum Gasteiger partial charge on any atom is 0.0585 e. The van der Waals surface area contributed by atoms with Gasteiger partial charge in [-0.1, -0.05) is 20.8 Å². The first-order valence-corrected chi connectivity index (χ1v) is 6.62. The highest BCUT2D eigenvalue weighted by Gasteiger charge is 2.13. The molecule has 0 saturated carbocycles. The molecule has 98 valence electrons. The summed E-state index contributed by atoms with van der Waals surface area (Å²) in [4.78, 5) is 2.48. The Kier molecular flexibility index (Phi) is 8.90. The van der Waals surface area contributed by atoms with Gasteiger partial charge in [0.05, 0.1) is 6.61 Å². The van der Waals surface area contributed by atoms with E-state index in [1.54, 1.807) is 0 Å². The molecule has 0 saturated heterocycles. The summed E-state index contributed by atoms with van der Waals surface area (Å²) in [5.41, 5.74) is 0. The average molecular weight is 230 g/mol. The van der Waals surface area contributed by atoms with Crippen LogP contribution in [-0.4, -0.2) is 47.8 Å². The maximum absolute atomic E-state index is 9.28. The van der Waals surface area contributed by atoms with E-state index in [0.29, 0.717) is 12.1 Å². The zero-order chi connectivity index (χ0) is 12.6. The normalized spacial score (nSPS) is 14.1. The Balaban J connectivity index is 3.95. The molecule has 0 aliphatic carbocycles. The van der Waals surface area contributed by atoms with Gasteiger partial charge in [-0.2, -0.15) is 0 Å². The molecule has 0 rings (SSSR count). The Morgan fingerprint density at radius 1 is 1.12 bits per heavy atom. The first-order valence-electron chi connectivity index (χ1n) is 6.62. The van der Waals surface area contributed by atoms with E-state index in [0.717, 1.165) is 19.5 Å². The second-order valence-electron chi connectivity index (χ2n) is 5.12. The number of nitrogens with one attached hydrogen (secondary N) is 1. The van der Waals surface area contributed by atoms with E-state index in [-0.39, 0.29) is 12.6 Å². The van der Waals surface area contributed by atoms with E-state index >= 15 is 0 Å². The minimum absolute atomic E-state index is 0.232. The molecule has 3 heteroatoms. The summed E-state index contributed by atoms with van der Waals surface area (Å²) in [7, 11) is 0.